The Labute approximate surface area is 207 Å². The Hall–Kier alpha value is -2.41. The first-order valence-corrected chi connectivity index (χ1v) is 13.0. The largest absolute Gasteiger partial charge is 0.496 e. The molecular formula is C27H39N3O3S. The zero-order valence-corrected chi connectivity index (χ0v) is 22.4. The molecule has 2 N–H and O–H groups in total. The van der Waals surface area contributed by atoms with Crippen LogP contribution in [-0.2, 0) is 22.2 Å². The molecule has 0 saturated heterocycles. The summed E-state index contributed by atoms with van der Waals surface area (Å²) in [6.07, 6.45) is 5.89. The van der Waals surface area contributed by atoms with Gasteiger partial charge in [0.1, 0.15) is 16.3 Å². The second kappa shape index (κ2) is 10.1. The smallest absolute Gasteiger partial charge is 0.252 e. The normalized spacial score (nSPS) is 16.1. The predicted molar refractivity (Wildman–Crippen MR) is 138 cm³/mol. The highest BCUT2D eigenvalue weighted by atomic mass is 32.1. The second-order valence-electron chi connectivity index (χ2n) is 11.3. The van der Waals surface area contributed by atoms with E-state index in [0.29, 0.717) is 24.9 Å². The number of methoxy groups -OCH3 is 1. The number of amides is 2. The lowest BCUT2D eigenvalue weighted by Gasteiger charge is -2.37. The average molecular weight is 486 g/mol. The van der Waals surface area contributed by atoms with E-state index >= 15 is 0 Å². The van der Waals surface area contributed by atoms with Gasteiger partial charge < -0.3 is 15.4 Å². The van der Waals surface area contributed by atoms with Crippen LogP contribution in [0.5, 0.6) is 5.75 Å². The van der Waals surface area contributed by atoms with Crippen molar-refractivity contribution in [3.8, 4) is 5.75 Å². The molecule has 0 radical (unpaired) electrons. The van der Waals surface area contributed by atoms with Crippen molar-refractivity contribution in [1.82, 2.24) is 15.6 Å². The number of carbonyl (C=O) groups is 2. The maximum absolute atomic E-state index is 13.7. The summed E-state index contributed by atoms with van der Waals surface area (Å²) < 4.78 is 5.84. The molecule has 1 fully saturated rings. The Bertz CT molecular complexity index is 976. The standard InChI is InChI=1S/C27H39N3O3S/c1-25(2,3)19-15-18(16-20(22(19)33-7)26(4,5)6)23(31)30-27(11-9-8-10-12-27)24(32)29-17-21-28-13-14-34-21/h13-16H,8-12,17H2,1-7H3,(H,29,32)(H,30,31). The molecule has 1 aromatic heterocycles. The van der Waals surface area contributed by atoms with Crippen LogP contribution in [0.3, 0.4) is 0 Å². The second-order valence-corrected chi connectivity index (χ2v) is 12.3. The van der Waals surface area contributed by atoms with Crippen LogP contribution in [0.4, 0.5) is 0 Å². The van der Waals surface area contributed by atoms with Crippen molar-refractivity contribution >= 4 is 23.2 Å². The minimum atomic E-state index is -0.906. The summed E-state index contributed by atoms with van der Waals surface area (Å²) in [4.78, 5) is 31.3. The highest BCUT2D eigenvalue weighted by Gasteiger charge is 2.41. The summed E-state index contributed by atoms with van der Waals surface area (Å²) in [5.74, 6) is 0.478. The Kier molecular flexibility index (Phi) is 7.75. The van der Waals surface area contributed by atoms with E-state index in [0.717, 1.165) is 41.1 Å². The van der Waals surface area contributed by atoms with E-state index < -0.39 is 5.54 Å². The molecular weight excluding hydrogens is 446 g/mol. The van der Waals surface area contributed by atoms with E-state index in [9.17, 15) is 9.59 Å². The quantitative estimate of drug-likeness (QED) is 0.566. The first-order valence-electron chi connectivity index (χ1n) is 12.1. The van der Waals surface area contributed by atoms with Gasteiger partial charge in [-0.2, -0.15) is 0 Å². The van der Waals surface area contributed by atoms with E-state index in [1.54, 1.807) is 13.3 Å². The fraction of sp³-hybridized carbons (Fsp3) is 0.593. The maximum Gasteiger partial charge on any atom is 0.252 e. The van der Waals surface area contributed by atoms with E-state index in [1.165, 1.54) is 11.3 Å². The van der Waals surface area contributed by atoms with Crippen molar-refractivity contribution in [2.24, 2.45) is 0 Å². The molecule has 1 aliphatic rings. The molecule has 6 nitrogen and oxygen atoms in total. The van der Waals surface area contributed by atoms with Crippen LogP contribution < -0.4 is 15.4 Å². The van der Waals surface area contributed by atoms with Gasteiger partial charge in [-0.25, -0.2) is 4.98 Å². The third-order valence-corrected chi connectivity index (χ3v) is 7.33. The van der Waals surface area contributed by atoms with Gasteiger partial charge in [-0.3, -0.25) is 9.59 Å². The number of nitrogens with zero attached hydrogens (tertiary/aromatic N) is 1. The van der Waals surface area contributed by atoms with Gasteiger partial charge >= 0.3 is 0 Å². The number of hydrogen-bond acceptors (Lipinski definition) is 5. The molecule has 1 aliphatic carbocycles. The molecule has 0 bridgehead atoms. The topological polar surface area (TPSA) is 80.3 Å². The molecule has 1 saturated carbocycles. The van der Waals surface area contributed by atoms with E-state index in [1.807, 2.05) is 17.5 Å². The van der Waals surface area contributed by atoms with Crippen LogP contribution in [-0.4, -0.2) is 29.4 Å². The summed E-state index contributed by atoms with van der Waals surface area (Å²) in [6.45, 7) is 13.1. The van der Waals surface area contributed by atoms with Gasteiger partial charge in [-0.15, -0.1) is 11.3 Å². The minimum Gasteiger partial charge on any atom is -0.496 e. The number of ether oxygens (including phenoxy) is 1. The van der Waals surface area contributed by atoms with E-state index in [2.05, 4.69) is 57.2 Å². The van der Waals surface area contributed by atoms with Crippen LogP contribution in [0.1, 0.15) is 100 Å². The van der Waals surface area contributed by atoms with Crippen molar-refractivity contribution in [3.63, 3.8) is 0 Å². The number of benzene rings is 1. The van der Waals surface area contributed by atoms with Gasteiger partial charge in [0, 0.05) is 28.3 Å². The molecule has 34 heavy (non-hydrogen) atoms. The Morgan fingerprint density at radius 1 is 1.03 bits per heavy atom. The average Bonchev–Trinajstić information content (AvgIpc) is 3.29. The molecule has 7 heteroatoms. The molecule has 2 amide bonds. The summed E-state index contributed by atoms with van der Waals surface area (Å²) in [5, 5.41) is 8.92. The number of hydrogen-bond donors (Lipinski definition) is 2. The Morgan fingerprint density at radius 2 is 1.62 bits per heavy atom. The summed E-state index contributed by atoms with van der Waals surface area (Å²) in [5.41, 5.74) is 1.20. The first-order chi connectivity index (χ1) is 15.9. The van der Waals surface area contributed by atoms with Crippen LogP contribution in [0.15, 0.2) is 23.7 Å². The van der Waals surface area contributed by atoms with Crippen molar-refractivity contribution in [2.45, 2.75) is 96.6 Å². The molecule has 0 aliphatic heterocycles. The number of carbonyl (C=O) groups excluding carboxylic acids is 2. The van der Waals surface area contributed by atoms with Gasteiger partial charge in [0.15, 0.2) is 0 Å². The highest BCUT2D eigenvalue weighted by molar-refractivity contribution is 7.09. The predicted octanol–water partition coefficient (Wildman–Crippen LogP) is 5.50. The van der Waals surface area contributed by atoms with Gasteiger partial charge in [0.25, 0.3) is 5.91 Å². The van der Waals surface area contributed by atoms with Crippen molar-refractivity contribution in [2.75, 3.05) is 7.11 Å². The van der Waals surface area contributed by atoms with Crippen LogP contribution in [0.25, 0.3) is 0 Å². The molecule has 0 unspecified atom stereocenters. The highest BCUT2D eigenvalue weighted by Crippen LogP contribution is 2.41. The lowest BCUT2D eigenvalue weighted by molar-refractivity contribution is -0.128. The van der Waals surface area contributed by atoms with Crippen LogP contribution >= 0.6 is 11.3 Å². The molecule has 0 atom stereocenters. The number of aromatic nitrogens is 1. The zero-order chi connectivity index (χ0) is 25.1. The van der Waals surface area contributed by atoms with Crippen molar-refractivity contribution in [3.05, 3.63) is 45.4 Å². The lowest BCUT2D eigenvalue weighted by Crippen LogP contribution is -2.59. The molecule has 3 rings (SSSR count). The van der Waals surface area contributed by atoms with Crippen molar-refractivity contribution < 1.29 is 14.3 Å². The third kappa shape index (κ3) is 5.80. The Balaban J connectivity index is 1.95. The molecule has 0 spiro atoms. The van der Waals surface area contributed by atoms with Crippen molar-refractivity contribution in [1.29, 1.82) is 0 Å². The SMILES string of the molecule is COc1c(C(C)(C)C)cc(C(=O)NC2(C(=O)NCc3nccs3)CCCCC2)cc1C(C)(C)C. The molecule has 1 heterocycles. The first kappa shape index (κ1) is 26.2. The minimum absolute atomic E-state index is 0.128. The van der Waals surface area contributed by atoms with Crippen LogP contribution in [0, 0.1) is 0 Å². The fourth-order valence-corrected chi connectivity index (χ4v) is 5.17. The van der Waals surface area contributed by atoms with Gasteiger partial charge in [-0.05, 0) is 35.8 Å². The molecule has 2 aromatic rings. The van der Waals surface area contributed by atoms with E-state index in [-0.39, 0.29) is 22.6 Å². The summed E-state index contributed by atoms with van der Waals surface area (Å²) in [6, 6.07) is 3.85. The van der Waals surface area contributed by atoms with E-state index in [4.69, 9.17) is 4.74 Å². The van der Waals surface area contributed by atoms with Gasteiger partial charge in [-0.1, -0.05) is 60.8 Å². The number of rotatable bonds is 6. The van der Waals surface area contributed by atoms with Gasteiger partial charge in [0.05, 0.1) is 13.7 Å². The summed E-state index contributed by atoms with van der Waals surface area (Å²) >= 11 is 1.51. The fourth-order valence-electron chi connectivity index (χ4n) is 4.61. The lowest BCUT2D eigenvalue weighted by atomic mass is 9.77. The molecule has 186 valence electrons. The maximum atomic E-state index is 13.7. The number of nitrogens with one attached hydrogen (secondary N) is 2. The Morgan fingerprint density at radius 3 is 2.09 bits per heavy atom. The monoisotopic (exact) mass is 485 g/mol. The van der Waals surface area contributed by atoms with Crippen LogP contribution in [0.2, 0.25) is 0 Å². The number of thiazole rings is 1. The zero-order valence-electron chi connectivity index (χ0n) is 21.6. The third-order valence-electron chi connectivity index (χ3n) is 6.55. The molecule has 1 aromatic carbocycles. The summed E-state index contributed by atoms with van der Waals surface area (Å²) in [7, 11) is 1.68. The van der Waals surface area contributed by atoms with Gasteiger partial charge in [0.2, 0.25) is 5.91 Å².